The first kappa shape index (κ1) is 18.0. The normalized spacial score (nSPS) is 10.8. The highest BCUT2D eigenvalue weighted by Crippen LogP contribution is 2.29. The first-order chi connectivity index (χ1) is 13.5. The molecule has 2 heterocycles. The lowest BCUT2D eigenvalue weighted by Gasteiger charge is -2.07. The van der Waals surface area contributed by atoms with Crippen molar-refractivity contribution in [2.75, 3.05) is 5.32 Å². The van der Waals surface area contributed by atoms with Gasteiger partial charge in [0.25, 0.3) is 5.91 Å². The van der Waals surface area contributed by atoms with E-state index in [0.717, 1.165) is 16.9 Å². The van der Waals surface area contributed by atoms with Crippen LogP contribution in [0.5, 0.6) is 0 Å². The summed E-state index contributed by atoms with van der Waals surface area (Å²) in [6.45, 7) is 6.27. The molecule has 0 saturated heterocycles. The number of carbonyl (C=O) groups excluding carboxylic acids is 1. The lowest BCUT2D eigenvalue weighted by molar-refractivity contribution is 0.102. The maximum atomic E-state index is 12.5. The fourth-order valence-electron chi connectivity index (χ4n) is 2.91. The van der Waals surface area contributed by atoms with Gasteiger partial charge in [-0.2, -0.15) is 0 Å². The fraction of sp³-hybridized carbons (Fsp3) is 0.150. The molecule has 0 aliphatic rings. The third-order valence-corrected chi connectivity index (χ3v) is 5.34. The Balaban J connectivity index is 1.51. The van der Waals surface area contributed by atoms with Gasteiger partial charge in [0, 0.05) is 16.5 Å². The van der Waals surface area contributed by atoms with Crippen LogP contribution in [0.3, 0.4) is 0 Å². The highest BCUT2D eigenvalue weighted by Gasteiger charge is 2.12. The smallest absolute Gasteiger partial charge is 0.257 e. The second-order valence-corrected chi connectivity index (χ2v) is 7.40. The van der Waals surface area contributed by atoms with Gasteiger partial charge in [0.2, 0.25) is 0 Å². The van der Waals surface area contributed by atoms with Gasteiger partial charge in [0.05, 0.1) is 11.4 Å². The van der Waals surface area contributed by atoms with Crippen LogP contribution in [0, 0.1) is 20.8 Å². The molecule has 0 radical (unpaired) electrons. The minimum absolute atomic E-state index is 0.207. The SMILES string of the molecule is Cc1cc(C)c(-c2csc(NC(=O)c3ccc(-n4cnnn4)cc3)n2)cc1C. The van der Waals surface area contributed by atoms with Crippen LogP contribution in [0.15, 0.2) is 48.1 Å². The summed E-state index contributed by atoms with van der Waals surface area (Å²) in [5, 5.41) is 16.4. The van der Waals surface area contributed by atoms with Crippen LogP contribution in [0.1, 0.15) is 27.0 Å². The Hall–Kier alpha value is -3.39. The first-order valence-corrected chi connectivity index (χ1v) is 9.58. The highest BCUT2D eigenvalue weighted by molar-refractivity contribution is 7.14. The molecule has 28 heavy (non-hydrogen) atoms. The Morgan fingerprint density at radius 2 is 1.79 bits per heavy atom. The number of tetrazole rings is 1. The number of anilines is 1. The molecule has 0 atom stereocenters. The number of rotatable bonds is 4. The summed E-state index contributed by atoms with van der Waals surface area (Å²) < 4.78 is 1.53. The van der Waals surface area contributed by atoms with Crippen molar-refractivity contribution in [3.8, 4) is 16.9 Å². The molecule has 0 saturated carbocycles. The number of benzene rings is 2. The second-order valence-electron chi connectivity index (χ2n) is 6.54. The molecular formula is C20H18N6OS. The van der Waals surface area contributed by atoms with Gasteiger partial charge >= 0.3 is 0 Å². The molecule has 2 aromatic heterocycles. The molecule has 0 unspecified atom stereocenters. The molecule has 7 nitrogen and oxygen atoms in total. The van der Waals surface area contributed by atoms with Crippen LogP contribution in [-0.2, 0) is 0 Å². The van der Waals surface area contributed by atoms with Crippen molar-refractivity contribution in [2.24, 2.45) is 0 Å². The molecule has 2 aromatic carbocycles. The Morgan fingerprint density at radius 1 is 1.04 bits per heavy atom. The van der Waals surface area contributed by atoms with E-state index >= 15 is 0 Å². The lowest BCUT2D eigenvalue weighted by Crippen LogP contribution is -2.11. The van der Waals surface area contributed by atoms with Crippen molar-refractivity contribution >= 4 is 22.4 Å². The number of carbonyl (C=O) groups is 1. The lowest BCUT2D eigenvalue weighted by atomic mass is 9.99. The number of nitrogens with one attached hydrogen (secondary N) is 1. The maximum Gasteiger partial charge on any atom is 0.257 e. The number of aryl methyl sites for hydroxylation is 3. The van der Waals surface area contributed by atoms with E-state index < -0.39 is 0 Å². The number of hydrogen-bond donors (Lipinski definition) is 1. The Kier molecular flexibility index (Phi) is 4.70. The van der Waals surface area contributed by atoms with E-state index in [9.17, 15) is 4.79 Å². The summed E-state index contributed by atoms with van der Waals surface area (Å²) in [6, 6.07) is 11.3. The van der Waals surface area contributed by atoms with Gasteiger partial charge in [-0.15, -0.1) is 16.4 Å². The van der Waals surface area contributed by atoms with Crippen LogP contribution in [0.4, 0.5) is 5.13 Å². The van der Waals surface area contributed by atoms with Crippen molar-refractivity contribution in [2.45, 2.75) is 20.8 Å². The van der Waals surface area contributed by atoms with Crippen molar-refractivity contribution in [3.05, 3.63) is 70.4 Å². The zero-order valence-electron chi connectivity index (χ0n) is 15.7. The zero-order chi connectivity index (χ0) is 19.7. The molecule has 1 N–H and O–H groups in total. The van der Waals surface area contributed by atoms with Gasteiger partial charge in [-0.1, -0.05) is 6.07 Å². The predicted molar refractivity (Wildman–Crippen MR) is 109 cm³/mol. The average molecular weight is 390 g/mol. The van der Waals surface area contributed by atoms with E-state index in [1.54, 1.807) is 24.3 Å². The van der Waals surface area contributed by atoms with Gasteiger partial charge in [0.1, 0.15) is 6.33 Å². The van der Waals surface area contributed by atoms with E-state index in [1.165, 1.54) is 39.0 Å². The minimum Gasteiger partial charge on any atom is -0.298 e. The number of amides is 1. The monoisotopic (exact) mass is 390 g/mol. The third-order valence-electron chi connectivity index (χ3n) is 4.58. The van der Waals surface area contributed by atoms with E-state index in [-0.39, 0.29) is 5.91 Å². The number of aromatic nitrogens is 5. The van der Waals surface area contributed by atoms with Crippen molar-refractivity contribution in [1.82, 2.24) is 25.2 Å². The van der Waals surface area contributed by atoms with Crippen molar-refractivity contribution in [1.29, 1.82) is 0 Å². The molecule has 4 rings (SSSR count). The van der Waals surface area contributed by atoms with Crippen LogP contribution in [0.2, 0.25) is 0 Å². The molecule has 0 spiro atoms. The van der Waals surface area contributed by atoms with Crippen molar-refractivity contribution in [3.63, 3.8) is 0 Å². The van der Waals surface area contributed by atoms with Gasteiger partial charge in [0.15, 0.2) is 5.13 Å². The molecular weight excluding hydrogens is 372 g/mol. The number of thiazole rings is 1. The Bertz CT molecular complexity index is 1130. The second kappa shape index (κ2) is 7.32. The van der Waals surface area contributed by atoms with Gasteiger partial charge in [-0.3, -0.25) is 10.1 Å². The predicted octanol–water partition coefficient (Wildman–Crippen LogP) is 3.96. The Morgan fingerprint density at radius 3 is 2.50 bits per heavy atom. The van der Waals surface area contributed by atoms with E-state index in [1.807, 2.05) is 5.38 Å². The summed E-state index contributed by atoms with van der Waals surface area (Å²) in [5.41, 5.74) is 6.93. The van der Waals surface area contributed by atoms with Crippen LogP contribution in [0.25, 0.3) is 16.9 Å². The van der Waals surface area contributed by atoms with Crippen LogP contribution in [-0.4, -0.2) is 31.1 Å². The highest BCUT2D eigenvalue weighted by atomic mass is 32.1. The van der Waals surface area contributed by atoms with Gasteiger partial charge in [-0.25, -0.2) is 9.67 Å². The van der Waals surface area contributed by atoms with Gasteiger partial charge in [-0.05, 0) is 78.2 Å². The third kappa shape index (κ3) is 3.54. The van der Waals surface area contributed by atoms with Crippen molar-refractivity contribution < 1.29 is 4.79 Å². The van der Waals surface area contributed by atoms with E-state index in [4.69, 9.17) is 0 Å². The van der Waals surface area contributed by atoms with Crippen LogP contribution >= 0.6 is 11.3 Å². The molecule has 0 aliphatic heterocycles. The summed E-state index contributed by atoms with van der Waals surface area (Å²) in [6.07, 6.45) is 1.50. The zero-order valence-corrected chi connectivity index (χ0v) is 16.5. The van der Waals surface area contributed by atoms with Gasteiger partial charge < -0.3 is 0 Å². The summed E-state index contributed by atoms with van der Waals surface area (Å²) in [4.78, 5) is 17.1. The quantitative estimate of drug-likeness (QED) is 0.570. The topological polar surface area (TPSA) is 85.6 Å². The number of nitrogens with zero attached hydrogens (tertiary/aromatic N) is 5. The standard InChI is InChI=1S/C20H18N6OS/c1-12-8-14(3)17(9-13(12)2)18-10-28-20(22-18)23-19(27)15-4-6-16(7-5-15)26-11-21-24-25-26/h4-11H,1-3H3,(H,22,23,27). The minimum atomic E-state index is -0.207. The molecule has 0 aliphatic carbocycles. The summed E-state index contributed by atoms with van der Waals surface area (Å²) in [7, 11) is 0. The Labute approximate surface area is 166 Å². The van der Waals surface area contributed by atoms with E-state index in [2.05, 4.69) is 58.7 Å². The molecule has 0 bridgehead atoms. The molecule has 0 fully saturated rings. The van der Waals surface area contributed by atoms with E-state index in [0.29, 0.717) is 10.7 Å². The largest absolute Gasteiger partial charge is 0.298 e. The molecule has 1 amide bonds. The number of hydrogen-bond acceptors (Lipinski definition) is 6. The molecule has 140 valence electrons. The molecule has 8 heteroatoms. The summed E-state index contributed by atoms with van der Waals surface area (Å²) >= 11 is 1.41. The van der Waals surface area contributed by atoms with Crippen LogP contribution < -0.4 is 5.32 Å². The fourth-order valence-corrected chi connectivity index (χ4v) is 3.61. The summed E-state index contributed by atoms with van der Waals surface area (Å²) in [5.74, 6) is -0.207. The molecule has 4 aromatic rings. The first-order valence-electron chi connectivity index (χ1n) is 8.70. The average Bonchev–Trinajstić information content (AvgIpc) is 3.37. The maximum absolute atomic E-state index is 12.5.